The maximum atomic E-state index is 9.96. The number of hydrogen-bond acceptors (Lipinski definition) is 3. The van der Waals surface area contributed by atoms with E-state index >= 15 is 0 Å². The van der Waals surface area contributed by atoms with Gasteiger partial charge in [0, 0.05) is 0 Å². The number of hydrogen-bond donors (Lipinski definition) is 0. The molecule has 0 amide bonds. The predicted octanol–water partition coefficient (Wildman–Crippen LogP) is -0.812. The lowest BCUT2D eigenvalue weighted by molar-refractivity contribution is -0.114. The van der Waals surface area contributed by atoms with Crippen LogP contribution in [0.25, 0.3) is 0 Å². The largest absolute Gasteiger partial charge is 0.299 e. The normalized spacial score (nSPS) is 11.2. The van der Waals surface area contributed by atoms with Gasteiger partial charge in [-0.25, -0.2) is 8.42 Å². The topological polar surface area (TPSA) is 75.0 Å². The van der Waals surface area contributed by atoms with Gasteiger partial charge in [-0.15, -0.1) is 5.14 Å². The van der Waals surface area contributed by atoms with Crippen LogP contribution in [-0.4, -0.2) is 20.0 Å². The van der Waals surface area contributed by atoms with E-state index in [1.54, 1.807) is 0 Å². The minimum atomic E-state index is -3.82. The second-order valence-electron chi connectivity index (χ2n) is 1.46. The fourth-order valence-corrected chi connectivity index (χ4v) is 0.803. The zero-order chi connectivity index (χ0) is 6.78. The van der Waals surface area contributed by atoms with Gasteiger partial charge in [0.1, 0.15) is 11.5 Å². The van der Waals surface area contributed by atoms with Crippen LogP contribution in [0.3, 0.4) is 0 Å². The molecule has 8 heavy (non-hydrogen) atoms. The number of rotatable bonds is 2. The predicted molar refractivity (Wildman–Crippen MR) is 27.6 cm³/mol. The first-order valence-corrected chi connectivity index (χ1v) is 3.54. The molecule has 0 rings (SSSR count). The Labute approximate surface area is 47.7 Å². The van der Waals surface area contributed by atoms with Gasteiger partial charge < -0.3 is 0 Å². The molecule has 0 saturated heterocycles. The van der Waals surface area contributed by atoms with Crippen LogP contribution in [0.5, 0.6) is 0 Å². The number of carbonyl (C=O) groups excluding carboxylic acids is 1. The van der Waals surface area contributed by atoms with Crippen molar-refractivity contribution < 1.29 is 13.2 Å². The van der Waals surface area contributed by atoms with E-state index in [0.717, 1.165) is 6.92 Å². The van der Waals surface area contributed by atoms with Crippen LogP contribution in [0.2, 0.25) is 0 Å². The standard InChI is InChI=1S/C3H6NO3S/c1-3(5)2-8(4,6)7/h4H,2H2,1H3. The summed E-state index contributed by atoms with van der Waals surface area (Å²) in [7, 11) is -3.82. The van der Waals surface area contributed by atoms with Gasteiger partial charge in [0.25, 0.3) is 0 Å². The van der Waals surface area contributed by atoms with E-state index in [-0.39, 0.29) is 0 Å². The van der Waals surface area contributed by atoms with Crippen molar-refractivity contribution in [2.75, 3.05) is 5.75 Å². The highest BCUT2D eigenvalue weighted by molar-refractivity contribution is 7.89. The summed E-state index contributed by atoms with van der Waals surface area (Å²) in [5.41, 5.74) is 0. The molecule has 0 aliphatic carbocycles. The molecule has 5 heteroatoms. The first-order chi connectivity index (χ1) is 3.42. The molecule has 0 heterocycles. The SMILES string of the molecule is CC(=O)CS([NH])(=O)=O. The molecule has 1 N–H and O–H groups in total. The van der Waals surface area contributed by atoms with Gasteiger partial charge in [-0.3, -0.25) is 4.79 Å². The van der Waals surface area contributed by atoms with E-state index < -0.39 is 21.6 Å². The Morgan fingerprint density at radius 2 is 2.00 bits per heavy atom. The molecule has 0 atom stereocenters. The van der Waals surface area contributed by atoms with Gasteiger partial charge in [-0.2, -0.15) is 0 Å². The second-order valence-corrected chi connectivity index (χ2v) is 2.98. The molecule has 0 saturated carbocycles. The van der Waals surface area contributed by atoms with E-state index in [1.165, 1.54) is 0 Å². The zero-order valence-electron chi connectivity index (χ0n) is 4.34. The first kappa shape index (κ1) is 7.58. The van der Waals surface area contributed by atoms with Crippen LogP contribution in [0.1, 0.15) is 6.92 Å². The summed E-state index contributed by atoms with van der Waals surface area (Å²) in [5.74, 6) is -1.17. The van der Waals surface area contributed by atoms with Gasteiger partial charge in [0.15, 0.2) is 0 Å². The van der Waals surface area contributed by atoms with E-state index in [2.05, 4.69) is 0 Å². The average Bonchev–Trinajstić information content (AvgIpc) is 1.21. The third kappa shape index (κ3) is 5.58. The minimum Gasteiger partial charge on any atom is -0.299 e. The molecular formula is C3H6NO3S. The molecule has 0 aromatic carbocycles. The third-order valence-corrected chi connectivity index (χ3v) is 1.18. The molecule has 4 nitrogen and oxygen atoms in total. The van der Waals surface area contributed by atoms with Crippen molar-refractivity contribution in [3.05, 3.63) is 0 Å². The molecule has 0 spiro atoms. The van der Waals surface area contributed by atoms with Crippen molar-refractivity contribution in [1.29, 1.82) is 0 Å². The number of sulfonamides is 1. The molecule has 0 aromatic rings. The lowest BCUT2D eigenvalue weighted by Gasteiger charge is -1.86. The van der Waals surface area contributed by atoms with Gasteiger partial charge in [-0.1, -0.05) is 0 Å². The Bertz CT molecular complexity index is 181. The number of carbonyl (C=O) groups is 1. The lowest BCUT2D eigenvalue weighted by Crippen LogP contribution is -2.12. The maximum absolute atomic E-state index is 9.96. The molecule has 0 aromatic heterocycles. The van der Waals surface area contributed by atoms with E-state index in [1.807, 2.05) is 0 Å². The Kier molecular flexibility index (Phi) is 2.12. The highest BCUT2D eigenvalue weighted by atomic mass is 32.2. The summed E-state index contributed by atoms with van der Waals surface area (Å²) < 4.78 is 19.8. The number of nitrogens with one attached hydrogen (secondary N) is 1. The summed E-state index contributed by atoms with van der Waals surface area (Å²) in [4.78, 5) is 9.96. The molecule has 0 fully saturated rings. The summed E-state index contributed by atoms with van der Waals surface area (Å²) >= 11 is 0. The number of Topliss-reactive ketones (excluding diaryl/α,β-unsaturated/α-hetero) is 1. The summed E-state index contributed by atoms with van der Waals surface area (Å²) in [6.07, 6.45) is 0. The Balaban J connectivity index is 3.95. The van der Waals surface area contributed by atoms with Gasteiger partial charge in [0.05, 0.1) is 0 Å². The quantitative estimate of drug-likeness (QED) is 0.498. The molecule has 0 aliphatic heterocycles. The molecule has 0 aliphatic rings. The van der Waals surface area contributed by atoms with Crippen LogP contribution in [-0.2, 0) is 14.8 Å². The van der Waals surface area contributed by atoms with Crippen molar-refractivity contribution in [2.45, 2.75) is 6.92 Å². The van der Waals surface area contributed by atoms with Gasteiger partial charge in [0.2, 0.25) is 10.0 Å². The zero-order valence-corrected chi connectivity index (χ0v) is 5.16. The fourth-order valence-electron chi connectivity index (χ4n) is 0.268. The van der Waals surface area contributed by atoms with Crippen molar-refractivity contribution in [1.82, 2.24) is 5.14 Å². The van der Waals surface area contributed by atoms with Crippen LogP contribution in [0.15, 0.2) is 0 Å². The highest BCUT2D eigenvalue weighted by Gasteiger charge is 2.05. The maximum Gasteiger partial charge on any atom is 0.232 e. The van der Waals surface area contributed by atoms with E-state index in [4.69, 9.17) is 5.14 Å². The first-order valence-electron chi connectivity index (χ1n) is 1.88. The molecule has 47 valence electrons. The van der Waals surface area contributed by atoms with Crippen LogP contribution >= 0.6 is 0 Å². The van der Waals surface area contributed by atoms with Gasteiger partial charge >= 0.3 is 0 Å². The average molecular weight is 136 g/mol. The fraction of sp³-hybridized carbons (Fsp3) is 0.667. The molecule has 0 bridgehead atoms. The van der Waals surface area contributed by atoms with Crippen molar-refractivity contribution in [3.8, 4) is 0 Å². The molecular weight excluding hydrogens is 130 g/mol. The number of ketones is 1. The van der Waals surface area contributed by atoms with Crippen molar-refractivity contribution in [3.63, 3.8) is 0 Å². The summed E-state index contributed by atoms with van der Waals surface area (Å²) in [6.45, 7) is 1.13. The second kappa shape index (κ2) is 2.23. The molecule has 1 radical (unpaired) electrons. The van der Waals surface area contributed by atoms with Gasteiger partial charge in [-0.05, 0) is 6.92 Å². The lowest BCUT2D eigenvalue weighted by atomic mass is 10.5. The van der Waals surface area contributed by atoms with Crippen LogP contribution < -0.4 is 5.14 Å². The van der Waals surface area contributed by atoms with Crippen LogP contribution in [0, 0.1) is 0 Å². The van der Waals surface area contributed by atoms with Crippen molar-refractivity contribution >= 4 is 15.8 Å². The van der Waals surface area contributed by atoms with Crippen LogP contribution in [0.4, 0.5) is 0 Å². The monoisotopic (exact) mass is 136 g/mol. The summed E-state index contributed by atoms with van der Waals surface area (Å²) in [5, 5.41) is 6.21. The Morgan fingerprint density at radius 1 is 1.62 bits per heavy atom. The highest BCUT2D eigenvalue weighted by Crippen LogP contribution is 1.79. The Morgan fingerprint density at radius 3 is 2.00 bits per heavy atom. The van der Waals surface area contributed by atoms with Crippen molar-refractivity contribution in [2.24, 2.45) is 0 Å². The minimum absolute atomic E-state index is 0.500. The molecule has 0 unspecified atom stereocenters. The smallest absolute Gasteiger partial charge is 0.232 e. The van der Waals surface area contributed by atoms with E-state index in [9.17, 15) is 13.2 Å². The third-order valence-electron chi connectivity index (χ3n) is 0.393. The summed E-state index contributed by atoms with van der Waals surface area (Å²) in [6, 6.07) is 0. The Hall–Kier alpha value is -0.420. The van der Waals surface area contributed by atoms with E-state index in [0.29, 0.717) is 0 Å².